The van der Waals surface area contributed by atoms with Crippen LogP contribution in [0.5, 0.6) is 0 Å². The molecule has 2 rings (SSSR count). The lowest BCUT2D eigenvalue weighted by molar-refractivity contribution is -0.131. The molecule has 7 heteroatoms. The van der Waals surface area contributed by atoms with Crippen molar-refractivity contribution in [1.29, 1.82) is 0 Å². The van der Waals surface area contributed by atoms with Crippen molar-refractivity contribution in [2.75, 3.05) is 6.54 Å². The summed E-state index contributed by atoms with van der Waals surface area (Å²) in [6.45, 7) is 2.80. The number of rotatable bonds is 8. The van der Waals surface area contributed by atoms with Crippen LogP contribution in [0.1, 0.15) is 51.2 Å². The molecule has 1 aromatic heterocycles. The van der Waals surface area contributed by atoms with Gasteiger partial charge >= 0.3 is 0 Å². The molecule has 1 unspecified atom stereocenters. The minimum atomic E-state index is -0.451. The molecule has 24 heavy (non-hydrogen) atoms. The topological polar surface area (TPSA) is 91.7 Å². The fourth-order valence-corrected chi connectivity index (χ4v) is 2.70. The number of hydrogen-bond acceptors (Lipinski definition) is 4. The maximum atomic E-state index is 12.1. The van der Waals surface area contributed by atoms with Crippen molar-refractivity contribution >= 4 is 17.7 Å². The molecule has 1 saturated heterocycles. The summed E-state index contributed by atoms with van der Waals surface area (Å²) in [5, 5.41) is 0. The van der Waals surface area contributed by atoms with Gasteiger partial charge in [0.2, 0.25) is 17.7 Å². The van der Waals surface area contributed by atoms with E-state index in [4.69, 9.17) is 4.42 Å². The van der Waals surface area contributed by atoms with Gasteiger partial charge in [0, 0.05) is 19.4 Å². The van der Waals surface area contributed by atoms with E-state index in [0.29, 0.717) is 25.3 Å². The van der Waals surface area contributed by atoms with E-state index in [2.05, 4.69) is 17.8 Å². The van der Waals surface area contributed by atoms with E-state index in [-0.39, 0.29) is 24.1 Å². The second-order valence-electron chi connectivity index (χ2n) is 6.10. The number of hydrogen-bond donors (Lipinski definition) is 2. The maximum Gasteiger partial charge on any atom is 0.243 e. The van der Waals surface area contributed by atoms with E-state index in [1.165, 1.54) is 0 Å². The van der Waals surface area contributed by atoms with Gasteiger partial charge in [-0.25, -0.2) is 0 Å². The molecule has 0 radical (unpaired) electrons. The number of carbonyl (C=O) groups excluding carboxylic acids is 3. The van der Waals surface area contributed by atoms with Crippen molar-refractivity contribution in [3.63, 3.8) is 0 Å². The standard InChI is InChI=1S/C17H25N3O4/c1-2-3-4-5-8-15(21)18-19-17(23)13-10-16(22)20(11-13)12-14-7-6-9-24-14/h6-7,9,13H,2-5,8,10-12H2,1H3,(H,18,21)(H,19,23). The van der Waals surface area contributed by atoms with Crippen LogP contribution in [0.3, 0.4) is 0 Å². The van der Waals surface area contributed by atoms with E-state index in [0.717, 1.165) is 25.7 Å². The van der Waals surface area contributed by atoms with Gasteiger partial charge in [0.25, 0.3) is 0 Å². The highest BCUT2D eigenvalue weighted by Gasteiger charge is 2.34. The number of amides is 3. The molecule has 0 aliphatic carbocycles. The molecule has 2 N–H and O–H groups in total. The van der Waals surface area contributed by atoms with Crippen molar-refractivity contribution in [2.45, 2.75) is 52.0 Å². The summed E-state index contributed by atoms with van der Waals surface area (Å²) in [6.07, 6.45) is 6.15. The number of hydrazine groups is 1. The Kier molecular flexibility index (Phi) is 6.84. The lowest BCUT2D eigenvalue weighted by atomic mass is 10.1. The van der Waals surface area contributed by atoms with Crippen molar-refractivity contribution in [1.82, 2.24) is 15.8 Å². The monoisotopic (exact) mass is 335 g/mol. The van der Waals surface area contributed by atoms with Crippen molar-refractivity contribution in [2.24, 2.45) is 5.92 Å². The number of nitrogens with zero attached hydrogens (tertiary/aromatic N) is 1. The minimum absolute atomic E-state index is 0.0857. The van der Waals surface area contributed by atoms with Gasteiger partial charge in [-0.2, -0.15) is 0 Å². The fourth-order valence-electron chi connectivity index (χ4n) is 2.70. The predicted molar refractivity (Wildman–Crippen MR) is 87.3 cm³/mol. The normalized spacial score (nSPS) is 17.1. The SMILES string of the molecule is CCCCCCC(=O)NNC(=O)C1CC(=O)N(Cc2ccco2)C1. The molecule has 1 aliphatic rings. The Labute approximate surface area is 141 Å². The first-order valence-electron chi connectivity index (χ1n) is 8.49. The van der Waals surface area contributed by atoms with Crippen LogP contribution in [-0.4, -0.2) is 29.2 Å². The summed E-state index contributed by atoms with van der Waals surface area (Å²) < 4.78 is 5.22. The number of unbranched alkanes of at least 4 members (excludes halogenated alkanes) is 3. The zero-order valence-corrected chi connectivity index (χ0v) is 14.0. The molecule has 3 amide bonds. The first-order chi connectivity index (χ1) is 11.6. The highest BCUT2D eigenvalue weighted by Crippen LogP contribution is 2.20. The molecule has 1 fully saturated rings. The zero-order valence-electron chi connectivity index (χ0n) is 14.0. The smallest absolute Gasteiger partial charge is 0.243 e. The Morgan fingerprint density at radius 3 is 2.83 bits per heavy atom. The Morgan fingerprint density at radius 2 is 2.12 bits per heavy atom. The van der Waals surface area contributed by atoms with Crippen molar-refractivity contribution < 1.29 is 18.8 Å². The van der Waals surface area contributed by atoms with E-state index >= 15 is 0 Å². The third-order valence-corrected chi connectivity index (χ3v) is 4.09. The summed E-state index contributed by atoms with van der Waals surface area (Å²) >= 11 is 0. The van der Waals surface area contributed by atoms with Crippen molar-refractivity contribution in [3.05, 3.63) is 24.2 Å². The van der Waals surface area contributed by atoms with Crippen LogP contribution in [0.4, 0.5) is 0 Å². The molecule has 132 valence electrons. The molecule has 1 aliphatic heterocycles. The van der Waals surface area contributed by atoms with Gasteiger partial charge in [-0.1, -0.05) is 26.2 Å². The lowest BCUT2D eigenvalue weighted by Gasteiger charge is -2.15. The average molecular weight is 335 g/mol. The van der Waals surface area contributed by atoms with Crippen LogP contribution >= 0.6 is 0 Å². The fraction of sp³-hybridized carbons (Fsp3) is 0.588. The number of carbonyl (C=O) groups is 3. The number of likely N-dealkylation sites (tertiary alicyclic amines) is 1. The Hall–Kier alpha value is -2.31. The van der Waals surface area contributed by atoms with Gasteiger partial charge in [0.1, 0.15) is 5.76 Å². The average Bonchev–Trinajstić information content (AvgIpc) is 3.20. The molecule has 2 heterocycles. The summed E-state index contributed by atoms with van der Waals surface area (Å²) in [6, 6.07) is 3.55. The number of nitrogens with one attached hydrogen (secondary N) is 2. The molecule has 1 atom stereocenters. The molecule has 0 spiro atoms. The van der Waals surface area contributed by atoms with Crippen LogP contribution in [-0.2, 0) is 20.9 Å². The Morgan fingerprint density at radius 1 is 1.29 bits per heavy atom. The molecule has 7 nitrogen and oxygen atoms in total. The summed E-state index contributed by atoms with van der Waals surface area (Å²) in [5.41, 5.74) is 4.85. The molecular weight excluding hydrogens is 310 g/mol. The van der Waals surface area contributed by atoms with Gasteiger partial charge in [-0.3, -0.25) is 25.2 Å². The first-order valence-corrected chi connectivity index (χ1v) is 8.49. The third-order valence-electron chi connectivity index (χ3n) is 4.09. The highest BCUT2D eigenvalue weighted by atomic mass is 16.3. The van der Waals surface area contributed by atoms with Gasteiger partial charge in [-0.15, -0.1) is 0 Å². The van der Waals surface area contributed by atoms with E-state index in [1.54, 1.807) is 23.3 Å². The molecule has 0 bridgehead atoms. The minimum Gasteiger partial charge on any atom is -0.467 e. The Bertz CT molecular complexity index is 556. The molecule has 1 aromatic rings. The van der Waals surface area contributed by atoms with Crippen LogP contribution in [0.2, 0.25) is 0 Å². The van der Waals surface area contributed by atoms with Crippen molar-refractivity contribution in [3.8, 4) is 0 Å². The van der Waals surface area contributed by atoms with Gasteiger partial charge < -0.3 is 9.32 Å². The molecule has 0 aromatic carbocycles. The number of furan rings is 1. The second kappa shape index (κ2) is 9.10. The van der Waals surface area contributed by atoms with Gasteiger partial charge in [0.05, 0.1) is 18.7 Å². The van der Waals surface area contributed by atoms with Gasteiger partial charge in [0.15, 0.2) is 0 Å². The maximum absolute atomic E-state index is 12.1. The predicted octanol–water partition coefficient (Wildman–Crippen LogP) is 1.75. The van der Waals surface area contributed by atoms with Crippen LogP contribution < -0.4 is 10.9 Å². The molecular formula is C17H25N3O4. The molecule has 0 saturated carbocycles. The summed E-state index contributed by atoms with van der Waals surface area (Å²) in [7, 11) is 0. The quantitative estimate of drug-likeness (QED) is 0.559. The first kappa shape index (κ1) is 18.0. The summed E-state index contributed by atoms with van der Waals surface area (Å²) in [4.78, 5) is 37.3. The highest BCUT2D eigenvalue weighted by molar-refractivity contribution is 5.90. The van der Waals surface area contributed by atoms with Crippen LogP contribution in [0.25, 0.3) is 0 Å². The van der Waals surface area contributed by atoms with E-state index in [1.807, 2.05) is 0 Å². The van der Waals surface area contributed by atoms with E-state index in [9.17, 15) is 14.4 Å². The van der Waals surface area contributed by atoms with Gasteiger partial charge in [-0.05, 0) is 18.6 Å². The van der Waals surface area contributed by atoms with E-state index < -0.39 is 5.92 Å². The lowest BCUT2D eigenvalue weighted by Crippen LogP contribution is -2.45. The summed E-state index contributed by atoms with van der Waals surface area (Å²) in [5.74, 6) is -0.376. The van der Waals surface area contributed by atoms with Crippen LogP contribution in [0, 0.1) is 5.92 Å². The second-order valence-corrected chi connectivity index (χ2v) is 6.10. The Balaban J connectivity index is 1.69. The zero-order chi connectivity index (χ0) is 17.4. The third kappa shape index (κ3) is 5.40. The largest absolute Gasteiger partial charge is 0.467 e. The van der Waals surface area contributed by atoms with Crippen LogP contribution in [0.15, 0.2) is 22.8 Å².